The average Bonchev–Trinajstić information content (AvgIpc) is 3.07. The molecule has 1 fully saturated rings. The van der Waals surface area contributed by atoms with Crippen molar-refractivity contribution in [1.82, 2.24) is 10.2 Å². The second-order valence-electron chi connectivity index (χ2n) is 5.02. The topological polar surface area (TPSA) is 67.6 Å². The molecule has 0 radical (unpaired) electrons. The number of hydrogen-bond donors (Lipinski definition) is 1. The number of nitrogens with one attached hydrogen (secondary N) is 1. The fourth-order valence-electron chi connectivity index (χ4n) is 2.45. The summed E-state index contributed by atoms with van der Waals surface area (Å²) in [6.07, 6.45) is 2.43. The van der Waals surface area contributed by atoms with Crippen molar-refractivity contribution in [3.8, 4) is 0 Å². The summed E-state index contributed by atoms with van der Waals surface area (Å²) in [5.74, 6) is 0. The normalized spacial score (nSPS) is 18.8. The summed E-state index contributed by atoms with van der Waals surface area (Å²) >= 11 is 1.26. The summed E-state index contributed by atoms with van der Waals surface area (Å²) in [7, 11) is 1.70. The van der Waals surface area contributed by atoms with Gasteiger partial charge in [-0.15, -0.1) is 0 Å². The first-order valence-corrected chi connectivity index (χ1v) is 7.68. The SMILES string of the molecule is COCCN(Cc1ccc([N+](=O)[O-])s1)CC1CCCN1. The molecule has 1 N–H and O–H groups in total. The molecule has 6 nitrogen and oxygen atoms in total. The lowest BCUT2D eigenvalue weighted by Crippen LogP contribution is -2.38. The third kappa shape index (κ3) is 4.52. The lowest BCUT2D eigenvalue weighted by molar-refractivity contribution is -0.380. The smallest absolute Gasteiger partial charge is 0.324 e. The molecule has 0 aromatic carbocycles. The highest BCUT2D eigenvalue weighted by molar-refractivity contribution is 7.15. The molecule has 7 heteroatoms. The maximum absolute atomic E-state index is 10.7. The average molecular weight is 299 g/mol. The number of hydrogen-bond acceptors (Lipinski definition) is 6. The minimum Gasteiger partial charge on any atom is -0.383 e. The molecule has 1 atom stereocenters. The first-order chi connectivity index (χ1) is 9.69. The van der Waals surface area contributed by atoms with Gasteiger partial charge in [0.1, 0.15) is 0 Å². The van der Waals surface area contributed by atoms with E-state index in [0.717, 1.165) is 31.1 Å². The van der Waals surface area contributed by atoms with Gasteiger partial charge in [-0.2, -0.15) is 0 Å². The van der Waals surface area contributed by atoms with Crippen LogP contribution in [-0.2, 0) is 11.3 Å². The summed E-state index contributed by atoms with van der Waals surface area (Å²) in [5, 5.41) is 14.4. The minimum absolute atomic E-state index is 0.214. The first kappa shape index (κ1) is 15.4. The van der Waals surface area contributed by atoms with Gasteiger partial charge < -0.3 is 10.1 Å². The summed E-state index contributed by atoms with van der Waals surface area (Å²) < 4.78 is 5.15. The Morgan fingerprint density at radius 1 is 1.60 bits per heavy atom. The van der Waals surface area contributed by atoms with Gasteiger partial charge in [-0.3, -0.25) is 15.0 Å². The number of methoxy groups -OCH3 is 1. The van der Waals surface area contributed by atoms with Gasteiger partial charge in [0.05, 0.1) is 11.5 Å². The summed E-state index contributed by atoms with van der Waals surface area (Å²) in [5.41, 5.74) is 0. The number of nitrogens with zero attached hydrogens (tertiary/aromatic N) is 2. The van der Waals surface area contributed by atoms with E-state index in [2.05, 4.69) is 10.2 Å². The molecule has 112 valence electrons. The van der Waals surface area contributed by atoms with Gasteiger partial charge in [0.2, 0.25) is 0 Å². The van der Waals surface area contributed by atoms with Crippen molar-refractivity contribution in [1.29, 1.82) is 0 Å². The third-order valence-electron chi connectivity index (χ3n) is 3.46. The molecule has 2 rings (SSSR count). The van der Waals surface area contributed by atoms with Crippen LogP contribution in [0.2, 0.25) is 0 Å². The van der Waals surface area contributed by atoms with E-state index in [1.54, 1.807) is 13.2 Å². The Labute approximate surface area is 122 Å². The number of nitro groups is 1. The Morgan fingerprint density at radius 3 is 3.05 bits per heavy atom. The Balaban J connectivity index is 1.92. The molecule has 0 spiro atoms. The zero-order valence-electron chi connectivity index (χ0n) is 11.7. The Morgan fingerprint density at radius 2 is 2.45 bits per heavy atom. The van der Waals surface area contributed by atoms with E-state index in [-0.39, 0.29) is 9.92 Å². The van der Waals surface area contributed by atoms with Crippen molar-refractivity contribution in [2.75, 3.05) is 33.4 Å². The van der Waals surface area contributed by atoms with Crippen LogP contribution in [0, 0.1) is 10.1 Å². The molecule has 20 heavy (non-hydrogen) atoms. The molecule has 0 aliphatic carbocycles. The van der Waals surface area contributed by atoms with Crippen LogP contribution in [0.15, 0.2) is 12.1 Å². The quantitative estimate of drug-likeness (QED) is 0.586. The van der Waals surface area contributed by atoms with E-state index in [1.807, 2.05) is 6.07 Å². The van der Waals surface area contributed by atoms with E-state index >= 15 is 0 Å². The van der Waals surface area contributed by atoms with Gasteiger partial charge in [0, 0.05) is 43.7 Å². The van der Waals surface area contributed by atoms with Crippen LogP contribution in [0.1, 0.15) is 17.7 Å². The summed E-state index contributed by atoms with van der Waals surface area (Å²) in [6.45, 7) is 4.34. The summed E-state index contributed by atoms with van der Waals surface area (Å²) in [6, 6.07) is 3.97. The second kappa shape index (κ2) is 7.68. The van der Waals surface area contributed by atoms with Crippen molar-refractivity contribution >= 4 is 16.3 Å². The van der Waals surface area contributed by atoms with Crippen LogP contribution in [0.3, 0.4) is 0 Å². The molecule has 1 aromatic rings. The molecule has 1 unspecified atom stereocenters. The predicted molar refractivity (Wildman–Crippen MR) is 79.2 cm³/mol. The molecule has 1 saturated heterocycles. The predicted octanol–water partition coefficient (Wildman–Crippen LogP) is 1.86. The number of thiophene rings is 1. The van der Waals surface area contributed by atoms with Crippen LogP contribution < -0.4 is 5.32 Å². The van der Waals surface area contributed by atoms with Gasteiger partial charge in [0.25, 0.3) is 0 Å². The molecule has 1 aliphatic heterocycles. The largest absolute Gasteiger partial charge is 0.383 e. The lowest BCUT2D eigenvalue weighted by atomic mass is 10.2. The maximum Gasteiger partial charge on any atom is 0.324 e. The number of ether oxygens (including phenoxy) is 1. The van der Waals surface area contributed by atoms with Gasteiger partial charge in [-0.05, 0) is 25.5 Å². The first-order valence-electron chi connectivity index (χ1n) is 6.87. The molecule has 0 amide bonds. The zero-order valence-corrected chi connectivity index (χ0v) is 12.5. The van der Waals surface area contributed by atoms with Crippen LogP contribution in [0.4, 0.5) is 5.00 Å². The van der Waals surface area contributed by atoms with E-state index in [9.17, 15) is 10.1 Å². The van der Waals surface area contributed by atoms with E-state index in [4.69, 9.17) is 4.74 Å². The van der Waals surface area contributed by atoms with Crippen molar-refractivity contribution in [3.63, 3.8) is 0 Å². The maximum atomic E-state index is 10.7. The van der Waals surface area contributed by atoms with Crippen LogP contribution in [-0.4, -0.2) is 49.2 Å². The monoisotopic (exact) mass is 299 g/mol. The van der Waals surface area contributed by atoms with Crippen molar-refractivity contribution < 1.29 is 9.66 Å². The van der Waals surface area contributed by atoms with Crippen molar-refractivity contribution in [2.24, 2.45) is 0 Å². The van der Waals surface area contributed by atoms with Gasteiger partial charge in [0.15, 0.2) is 0 Å². The van der Waals surface area contributed by atoms with Crippen LogP contribution >= 0.6 is 11.3 Å². The van der Waals surface area contributed by atoms with Crippen LogP contribution in [0.25, 0.3) is 0 Å². The third-order valence-corrected chi connectivity index (χ3v) is 4.48. The minimum atomic E-state index is -0.327. The molecule has 1 aliphatic rings. The van der Waals surface area contributed by atoms with E-state index in [0.29, 0.717) is 12.6 Å². The summed E-state index contributed by atoms with van der Waals surface area (Å²) in [4.78, 5) is 13.7. The van der Waals surface area contributed by atoms with Crippen LogP contribution in [0.5, 0.6) is 0 Å². The molecular formula is C13H21N3O3S. The highest BCUT2D eigenvalue weighted by Crippen LogP contribution is 2.25. The fourth-order valence-corrected chi connectivity index (χ4v) is 3.31. The van der Waals surface area contributed by atoms with E-state index < -0.39 is 0 Å². The standard InChI is InChI=1S/C13H21N3O3S/c1-19-8-7-15(9-11-3-2-6-14-11)10-12-4-5-13(20-12)16(17)18/h4-5,11,14H,2-3,6-10H2,1H3. The Bertz CT molecular complexity index is 432. The highest BCUT2D eigenvalue weighted by atomic mass is 32.1. The Kier molecular flexibility index (Phi) is 5.90. The van der Waals surface area contributed by atoms with Crippen molar-refractivity contribution in [2.45, 2.75) is 25.4 Å². The highest BCUT2D eigenvalue weighted by Gasteiger charge is 2.19. The van der Waals surface area contributed by atoms with Gasteiger partial charge >= 0.3 is 5.00 Å². The van der Waals surface area contributed by atoms with Gasteiger partial charge in [-0.25, -0.2) is 0 Å². The molecule has 2 heterocycles. The molecule has 0 saturated carbocycles. The van der Waals surface area contributed by atoms with Crippen molar-refractivity contribution in [3.05, 3.63) is 27.1 Å². The molecule has 1 aromatic heterocycles. The lowest BCUT2D eigenvalue weighted by Gasteiger charge is -2.24. The second-order valence-corrected chi connectivity index (χ2v) is 6.17. The Hall–Kier alpha value is -1.02. The number of rotatable bonds is 8. The molecular weight excluding hydrogens is 278 g/mol. The van der Waals surface area contributed by atoms with Gasteiger partial charge in [-0.1, -0.05) is 11.3 Å². The van der Waals surface area contributed by atoms with E-state index in [1.165, 1.54) is 24.2 Å². The fraction of sp³-hybridized carbons (Fsp3) is 0.692. The zero-order chi connectivity index (χ0) is 14.4. The molecule has 0 bridgehead atoms.